The van der Waals surface area contributed by atoms with Crippen molar-refractivity contribution in [2.24, 2.45) is 10.7 Å². The van der Waals surface area contributed by atoms with E-state index >= 15 is 0 Å². The van der Waals surface area contributed by atoms with E-state index in [4.69, 9.17) is 22.1 Å². The zero-order valence-electron chi connectivity index (χ0n) is 13.4. The third-order valence-electron chi connectivity index (χ3n) is 3.59. The molecule has 6 nitrogen and oxygen atoms in total. The van der Waals surface area contributed by atoms with Gasteiger partial charge in [-0.2, -0.15) is 0 Å². The minimum atomic E-state index is 0.286. The van der Waals surface area contributed by atoms with Crippen LogP contribution in [0.5, 0.6) is 5.75 Å². The smallest absolute Gasteiger partial charge is 0.193 e. The first kappa shape index (κ1) is 16.1. The maximum Gasteiger partial charge on any atom is 0.193 e. The summed E-state index contributed by atoms with van der Waals surface area (Å²) in [4.78, 5) is 12.1. The molecule has 0 saturated carbocycles. The number of halogens is 1. The number of aryl methyl sites for hydroxylation is 1. The number of hydrogen-bond acceptors (Lipinski definition) is 3. The van der Waals surface area contributed by atoms with E-state index in [2.05, 4.69) is 20.3 Å². The predicted molar refractivity (Wildman–Crippen MR) is 97.8 cm³/mol. The molecule has 0 saturated heterocycles. The Labute approximate surface area is 144 Å². The Hall–Kier alpha value is -2.73. The largest absolute Gasteiger partial charge is 0.495 e. The number of aliphatic imine (C=N–C) groups is 1. The summed E-state index contributed by atoms with van der Waals surface area (Å²) in [5.41, 5.74) is 9.73. The van der Waals surface area contributed by atoms with Gasteiger partial charge in [0.05, 0.1) is 23.2 Å². The quantitative estimate of drug-likeness (QED) is 0.500. The molecule has 2 aromatic carbocycles. The summed E-state index contributed by atoms with van der Waals surface area (Å²) in [6, 6.07) is 11.3. The minimum Gasteiger partial charge on any atom is -0.495 e. The number of fused-ring (bicyclic) bond motifs is 1. The fourth-order valence-electron chi connectivity index (χ4n) is 2.39. The Morgan fingerprint density at radius 2 is 2.21 bits per heavy atom. The highest BCUT2D eigenvalue weighted by Crippen LogP contribution is 2.27. The number of guanidine groups is 1. The molecule has 3 aromatic rings. The van der Waals surface area contributed by atoms with Crippen molar-refractivity contribution < 1.29 is 4.74 Å². The highest BCUT2D eigenvalue weighted by Gasteiger charge is 2.05. The average Bonchev–Trinajstić information content (AvgIpc) is 2.98. The van der Waals surface area contributed by atoms with Gasteiger partial charge in [0.25, 0.3) is 0 Å². The number of imidazole rings is 1. The number of nitrogens with zero attached hydrogens (tertiary/aromatic N) is 2. The lowest BCUT2D eigenvalue weighted by molar-refractivity contribution is 0.415. The Morgan fingerprint density at radius 1 is 1.38 bits per heavy atom. The van der Waals surface area contributed by atoms with Crippen LogP contribution in [0.4, 0.5) is 5.69 Å². The van der Waals surface area contributed by atoms with E-state index in [0.717, 1.165) is 28.1 Å². The van der Waals surface area contributed by atoms with Crippen LogP contribution in [0.1, 0.15) is 11.4 Å². The maximum atomic E-state index is 6.09. The lowest BCUT2D eigenvalue weighted by Gasteiger charge is -2.08. The molecule has 0 atom stereocenters. The number of ether oxygens (including phenoxy) is 1. The summed E-state index contributed by atoms with van der Waals surface area (Å²) in [6.07, 6.45) is 0. The van der Waals surface area contributed by atoms with Gasteiger partial charge in [-0.05, 0) is 36.8 Å². The summed E-state index contributed by atoms with van der Waals surface area (Å²) in [6.45, 7) is 2.39. The van der Waals surface area contributed by atoms with Crippen molar-refractivity contribution in [2.45, 2.75) is 13.5 Å². The summed E-state index contributed by atoms with van der Waals surface area (Å²) < 4.78 is 5.12. The van der Waals surface area contributed by atoms with Crippen LogP contribution < -0.4 is 15.8 Å². The predicted octanol–water partition coefficient (Wildman–Crippen LogP) is 3.46. The zero-order chi connectivity index (χ0) is 17.1. The van der Waals surface area contributed by atoms with Crippen LogP contribution in [0.15, 0.2) is 41.4 Å². The van der Waals surface area contributed by atoms with Crippen molar-refractivity contribution in [2.75, 3.05) is 12.4 Å². The first-order valence-corrected chi connectivity index (χ1v) is 7.79. The number of rotatable bonds is 4. The number of nitrogens with two attached hydrogens (primary N) is 1. The van der Waals surface area contributed by atoms with Gasteiger partial charge < -0.3 is 20.8 Å². The third-order valence-corrected chi connectivity index (χ3v) is 3.88. The molecule has 1 aromatic heterocycles. The Kier molecular flexibility index (Phi) is 4.57. The van der Waals surface area contributed by atoms with E-state index in [1.165, 1.54) is 0 Å². The number of methoxy groups -OCH3 is 1. The molecule has 0 aliphatic carbocycles. The van der Waals surface area contributed by atoms with Crippen molar-refractivity contribution in [1.29, 1.82) is 0 Å². The van der Waals surface area contributed by atoms with Gasteiger partial charge in [0.2, 0.25) is 0 Å². The fourth-order valence-corrected chi connectivity index (χ4v) is 2.65. The summed E-state index contributed by atoms with van der Waals surface area (Å²) in [5, 5.41) is 3.50. The van der Waals surface area contributed by atoms with Crippen LogP contribution in [0.3, 0.4) is 0 Å². The zero-order valence-corrected chi connectivity index (χ0v) is 14.2. The van der Waals surface area contributed by atoms with E-state index in [0.29, 0.717) is 17.3 Å². The molecule has 24 heavy (non-hydrogen) atoms. The van der Waals surface area contributed by atoms with Crippen molar-refractivity contribution in [3.8, 4) is 5.75 Å². The van der Waals surface area contributed by atoms with Crippen LogP contribution in [0.25, 0.3) is 11.0 Å². The average molecular weight is 344 g/mol. The molecule has 0 spiro atoms. The van der Waals surface area contributed by atoms with Gasteiger partial charge in [-0.1, -0.05) is 23.7 Å². The van der Waals surface area contributed by atoms with Crippen LogP contribution in [0.2, 0.25) is 5.02 Å². The van der Waals surface area contributed by atoms with Gasteiger partial charge >= 0.3 is 0 Å². The van der Waals surface area contributed by atoms with E-state index < -0.39 is 0 Å². The molecule has 0 aliphatic heterocycles. The van der Waals surface area contributed by atoms with Crippen LogP contribution in [-0.4, -0.2) is 23.0 Å². The molecule has 4 N–H and O–H groups in total. The topological polar surface area (TPSA) is 88.3 Å². The number of benzene rings is 2. The molecule has 0 amide bonds. The molecule has 1 heterocycles. The van der Waals surface area contributed by atoms with Crippen LogP contribution >= 0.6 is 11.6 Å². The van der Waals surface area contributed by atoms with Gasteiger partial charge in [-0.15, -0.1) is 0 Å². The standard InChI is InChI=1S/C17H18ClN5O/c1-10-4-3-5-13-16(10)23-15(22-13)9-20-17(19)21-11-6-7-14(24-2)12(18)8-11/h3-8H,9H2,1-2H3,(H,22,23)(H3,19,20,21). The minimum absolute atomic E-state index is 0.286. The summed E-state index contributed by atoms with van der Waals surface area (Å²) in [5.74, 6) is 1.65. The number of H-pyrrole nitrogens is 1. The monoisotopic (exact) mass is 343 g/mol. The van der Waals surface area contributed by atoms with Crippen molar-refractivity contribution in [3.05, 3.63) is 52.8 Å². The summed E-state index contributed by atoms with van der Waals surface area (Å²) in [7, 11) is 1.57. The van der Waals surface area contributed by atoms with Crippen molar-refractivity contribution in [3.63, 3.8) is 0 Å². The molecule has 0 bridgehead atoms. The second kappa shape index (κ2) is 6.80. The highest BCUT2D eigenvalue weighted by atomic mass is 35.5. The fraction of sp³-hybridized carbons (Fsp3) is 0.176. The molecule has 3 rings (SSSR count). The second-order valence-electron chi connectivity index (χ2n) is 5.33. The molecule has 0 fully saturated rings. The molecular formula is C17H18ClN5O. The van der Waals surface area contributed by atoms with E-state index in [1.807, 2.05) is 31.2 Å². The van der Waals surface area contributed by atoms with E-state index in [-0.39, 0.29) is 5.96 Å². The number of para-hydroxylation sites is 1. The first-order chi connectivity index (χ1) is 11.6. The maximum absolute atomic E-state index is 6.09. The lowest BCUT2D eigenvalue weighted by atomic mass is 10.2. The van der Waals surface area contributed by atoms with Crippen molar-refractivity contribution >= 4 is 34.3 Å². The number of aromatic amines is 1. The highest BCUT2D eigenvalue weighted by molar-refractivity contribution is 6.32. The van der Waals surface area contributed by atoms with Gasteiger partial charge in [-0.25, -0.2) is 9.98 Å². The lowest BCUT2D eigenvalue weighted by Crippen LogP contribution is -2.22. The van der Waals surface area contributed by atoms with Gasteiger partial charge in [0, 0.05) is 5.69 Å². The number of aromatic nitrogens is 2. The molecular weight excluding hydrogens is 326 g/mol. The molecule has 7 heteroatoms. The van der Waals surface area contributed by atoms with Gasteiger partial charge in [0.1, 0.15) is 18.1 Å². The molecule has 0 aliphatic rings. The van der Waals surface area contributed by atoms with Gasteiger partial charge in [-0.3, -0.25) is 0 Å². The Bertz CT molecular complexity index is 903. The first-order valence-electron chi connectivity index (χ1n) is 7.41. The SMILES string of the molecule is COc1ccc(NC(N)=NCc2nc3c(C)cccc3[nH]2)cc1Cl. The molecule has 124 valence electrons. The van der Waals surface area contributed by atoms with Crippen LogP contribution in [0, 0.1) is 6.92 Å². The Morgan fingerprint density at radius 3 is 2.92 bits per heavy atom. The van der Waals surface area contributed by atoms with Gasteiger partial charge in [0.15, 0.2) is 5.96 Å². The number of nitrogens with one attached hydrogen (secondary N) is 2. The molecule has 0 unspecified atom stereocenters. The Balaban J connectivity index is 1.71. The number of anilines is 1. The second-order valence-corrected chi connectivity index (χ2v) is 5.74. The van der Waals surface area contributed by atoms with Crippen molar-refractivity contribution in [1.82, 2.24) is 9.97 Å². The number of hydrogen-bond donors (Lipinski definition) is 3. The molecule has 0 radical (unpaired) electrons. The van der Waals surface area contributed by atoms with E-state index in [1.54, 1.807) is 19.2 Å². The van der Waals surface area contributed by atoms with E-state index in [9.17, 15) is 0 Å². The normalized spacial score (nSPS) is 11.7. The summed E-state index contributed by atoms with van der Waals surface area (Å²) >= 11 is 6.09. The third kappa shape index (κ3) is 3.44. The van der Waals surface area contributed by atoms with Crippen LogP contribution in [-0.2, 0) is 6.54 Å².